The van der Waals surface area contributed by atoms with Crippen LogP contribution in [0.15, 0.2) is 503 Å². The van der Waals surface area contributed by atoms with Gasteiger partial charge in [0.25, 0.3) is 0 Å². The molecule has 0 saturated carbocycles. The van der Waals surface area contributed by atoms with Crippen LogP contribution in [0.3, 0.4) is 0 Å². The van der Waals surface area contributed by atoms with Crippen molar-refractivity contribution in [3.05, 3.63) is 485 Å². The van der Waals surface area contributed by atoms with Gasteiger partial charge in [-0.15, -0.1) is 0 Å². The Hall–Kier alpha value is -18.8. The van der Waals surface area contributed by atoms with E-state index in [1.165, 1.54) is 54.4 Å². The Morgan fingerprint density at radius 2 is 0.417 bits per heavy atom. The first-order valence-corrected chi connectivity index (χ1v) is 47.0. The Labute approximate surface area is 797 Å². The van der Waals surface area contributed by atoms with E-state index in [1.54, 1.807) is 0 Å². The molecule has 0 unspecified atom stereocenters. The smallest absolute Gasteiger partial charge is 0.136 e. The number of nitrogens with zero attached hydrogens (tertiary/aromatic N) is 6. The van der Waals surface area contributed by atoms with E-state index >= 15 is 0 Å². The standard InChI is InChI=1S/C47H28N2O2.2C41H26N2O/c1-2-11-29(12-3-1)32-27-38(48-39(28-32)31-21-23-44-37(26-31)34-15-5-8-19-42(34)50-44)30-13-10-14-33(25-30)49-40-18-7-4-16-35(40)46-41(49)22-24-45-47(46)36-17-6-9-20-43(36)51-45;1-2-11-27(12-3-1)36-24-30(25-37(42-36)29-21-22-35-34-17-6-9-20-40(34)44-41(35)26-29)28-13-10-14-31(23-28)43-38-18-7-4-15-32(38)33-16-5-8-19-39(33)43;1-2-10-28(11-3-1)36-25-30(26-37(42-36)29-20-23-41-35(24-29)34-14-6-9-17-40(34)44-41)27-18-21-31(22-19-27)43-38-15-7-4-12-32(38)33-13-5-8-16-39(33)43/h1-28H;2*1-26H. The molecular formula is C129H80N6O4. The molecule has 0 N–H and O–H groups in total. The number of benzene rings is 19. The Morgan fingerprint density at radius 1 is 0.129 bits per heavy atom. The SMILES string of the molecule is c1ccc(-c2cc(-c3ccc(-n4c5ccccc5c5ccccc54)cc3)cc(-c3ccc4oc5ccccc5c4c3)n2)cc1.c1ccc(-c2cc(-c3cccc(-n4c5ccccc5c5c6c(ccc54)oc4ccccc46)c3)nc(-c3ccc4oc5ccccc5c4c3)c2)cc1.c1ccc(-c2cc(-c3cccc(-n4c5ccccc5c5ccccc54)c3)cc(-c3ccc4c(c3)oc3ccccc34)n2)cc1. The highest BCUT2D eigenvalue weighted by Gasteiger charge is 2.24. The quantitative estimate of drug-likeness (QED) is 0.120. The summed E-state index contributed by atoms with van der Waals surface area (Å²) in [6, 6.07) is 171. The first kappa shape index (κ1) is 79.9. The Morgan fingerprint density at radius 3 is 0.899 bits per heavy atom. The highest BCUT2D eigenvalue weighted by Crippen LogP contribution is 2.46. The van der Waals surface area contributed by atoms with E-state index < -0.39 is 0 Å². The average molecular weight is 1780 g/mol. The lowest BCUT2D eigenvalue weighted by Gasteiger charge is -2.13. The third-order valence-electron chi connectivity index (χ3n) is 27.4. The Bertz CT molecular complexity index is 9820. The summed E-state index contributed by atoms with van der Waals surface area (Å²) >= 11 is 0. The third kappa shape index (κ3) is 14.0. The fraction of sp³-hybridized carbons (Fsp3) is 0. The van der Waals surface area contributed by atoms with E-state index in [0.717, 1.165) is 217 Å². The second-order valence-corrected chi connectivity index (χ2v) is 35.6. The lowest BCUT2D eigenvalue weighted by molar-refractivity contribution is 0.668. The van der Waals surface area contributed by atoms with Crippen LogP contribution in [0.25, 0.3) is 271 Å². The van der Waals surface area contributed by atoms with Crippen molar-refractivity contribution >= 4 is 153 Å². The van der Waals surface area contributed by atoms with Gasteiger partial charge in [0.1, 0.15) is 44.7 Å². The normalized spacial score (nSPS) is 11.7. The number of furan rings is 4. The van der Waals surface area contributed by atoms with Gasteiger partial charge < -0.3 is 31.4 Å². The minimum atomic E-state index is 0.866. The first-order valence-electron chi connectivity index (χ1n) is 47.0. The second kappa shape index (κ2) is 33.1. The van der Waals surface area contributed by atoms with E-state index in [9.17, 15) is 0 Å². The maximum atomic E-state index is 6.31. The zero-order valence-corrected chi connectivity index (χ0v) is 75.0. The number of para-hydroxylation sites is 9. The van der Waals surface area contributed by atoms with Crippen LogP contribution in [0, 0.1) is 0 Å². The third-order valence-corrected chi connectivity index (χ3v) is 27.4. The van der Waals surface area contributed by atoms with Crippen molar-refractivity contribution < 1.29 is 17.7 Å². The van der Waals surface area contributed by atoms with Gasteiger partial charge >= 0.3 is 0 Å². The van der Waals surface area contributed by atoms with Crippen molar-refractivity contribution in [2.45, 2.75) is 0 Å². The van der Waals surface area contributed by atoms with E-state index in [0.29, 0.717) is 0 Å². The molecule has 0 radical (unpaired) electrons. The Kier molecular flexibility index (Phi) is 19.1. The number of rotatable bonds is 12. The van der Waals surface area contributed by atoms with Crippen molar-refractivity contribution in [1.82, 2.24) is 28.7 Å². The monoisotopic (exact) mass is 1780 g/mol. The molecule has 29 aromatic rings. The van der Waals surface area contributed by atoms with E-state index in [2.05, 4.69) is 438 Å². The van der Waals surface area contributed by atoms with Crippen LogP contribution < -0.4 is 0 Å². The molecule has 29 rings (SSSR count). The predicted molar refractivity (Wildman–Crippen MR) is 574 cm³/mol. The lowest BCUT2D eigenvalue weighted by atomic mass is 9.99. The van der Waals surface area contributed by atoms with Crippen LogP contribution in [0.2, 0.25) is 0 Å². The summed E-state index contributed by atoms with van der Waals surface area (Å²) in [5, 5.41) is 16.4. The van der Waals surface area contributed by atoms with Gasteiger partial charge in [0.15, 0.2) is 0 Å². The summed E-state index contributed by atoms with van der Waals surface area (Å²) in [4.78, 5) is 15.7. The predicted octanol–water partition coefficient (Wildman–Crippen LogP) is 35.1. The van der Waals surface area contributed by atoms with Crippen molar-refractivity contribution in [3.63, 3.8) is 0 Å². The zero-order chi connectivity index (χ0) is 91.5. The van der Waals surface area contributed by atoms with Crippen molar-refractivity contribution in [2.24, 2.45) is 0 Å². The molecule has 0 amide bonds. The first-order chi connectivity index (χ1) is 68.9. The molecule has 10 heteroatoms. The van der Waals surface area contributed by atoms with Crippen LogP contribution in [0.1, 0.15) is 0 Å². The molecule has 139 heavy (non-hydrogen) atoms. The van der Waals surface area contributed by atoms with Crippen molar-refractivity contribution in [1.29, 1.82) is 0 Å². The number of pyridine rings is 3. The van der Waals surface area contributed by atoms with Gasteiger partial charge in [-0.1, -0.05) is 297 Å². The number of hydrogen-bond acceptors (Lipinski definition) is 7. The van der Waals surface area contributed by atoms with Crippen LogP contribution in [0.5, 0.6) is 0 Å². The molecule has 0 saturated heterocycles. The summed E-state index contributed by atoms with van der Waals surface area (Å²) in [5.41, 5.74) is 36.2. The molecule has 0 spiro atoms. The molecule has 0 aliphatic carbocycles. The summed E-state index contributed by atoms with van der Waals surface area (Å²) < 4.78 is 31.9. The fourth-order valence-corrected chi connectivity index (χ4v) is 20.9. The molecule has 0 bridgehead atoms. The Balaban J connectivity index is 0.000000105. The molecule has 19 aromatic carbocycles. The second-order valence-electron chi connectivity index (χ2n) is 35.6. The van der Waals surface area contributed by atoms with Gasteiger partial charge in [0.05, 0.1) is 67.3 Å². The molecule has 0 fully saturated rings. The maximum absolute atomic E-state index is 6.31. The topological polar surface area (TPSA) is 106 Å². The van der Waals surface area contributed by atoms with Crippen LogP contribution >= 0.6 is 0 Å². The average Bonchev–Trinajstić information content (AvgIpc) is 1.55. The summed E-state index contributed by atoms with van der Waals surface area (Å²) in [5.74, 6) is 0. The number of aromatic nitrogens is 6. The largest absolute Gasteiger partial charge is 0.456 e. The molecular weight excluding hydrogens is 1700 g/mol. The molecule has 0 atom stereocenters. The van der Waals surface area contributed by atoms with Gasteiger partial charge in [0.2, 0.25) is 0 Å². The summed E-state index contributed by atoms with van der Waals surface area (Å²) in [7, 11) is 0. The van der Waals surface area contributed by atoms with E-state index in [4.69, 9.17) is 32.6 Å². The van der Waals surface area contributed by atoms with Gasteiger partial charge in [0, 0.05) is 126 Å². The van der Waals surface area contributed by atoms with Gasteiger partial charge in [-0.05, 0) is 221 Å². The number of fused-ring (bicyclic) bond motifs is 22. The van der Waals surface area contributed by atoms with Crippen LogP contribution in [0.4, 0.5) is 0 Å². The molecule has 10 heterocycles. The minimum absolute atomic E-state index is 0.866. The molecule has 0 aliphatic rings. The van der Waals surface area contributed by atoms with Crippen molar-refractivity contribution in [2.75, 3.05) is 0 Å². The van der Waals surface area contributed by atoms with E-state index in [1.807, 2.05) is 60.7 Å². The summed E-state index contributed by atoms with van der Waals surface area (Å²) in [6.07, 6.45) is 0. The van der Waals surface area contributed by atoms with Crippen molar-refractivity contribution in [3.8, 4) is 118 Å². The highest BCUT2D eigenvalue weighted by molar-refractivity contribution is 6.27. The summed E-state index contributed by atoms with van der Waals surface area (Å²) in [6.45, 7) is 0. The van der Waals surface area contributed by atoms with E-state index in [-0.39, 0.29) is 0 Å². The minimum Gasteiger partial charge on any atom is -0.456 e. The maximum Gasteiger partial charge on any atom is 0.136 e. The highest BCUT2D eigenvalue weighted by atomic mass is 16.3. The van der Waals surface area contributed by atoms with Gasteiger partial charge in [-0.3, -0.25) is 0 Å². The number of hydrogen-bond donors (Lipinski definition) is 0. The molecule has 0 aliphatic heterocycles. The lowest BCUT2D eigenvalue weighted by Crippen LogP contribution is -1.96. The molecule has 10 aromatic heterocycles. The van der Waals surface area contributed by atoms with Crippen LogP contribution in [-0.2, 0) is 0 Å². The van der Waals surface area contributed by atoms with Gasteiger partial charge in [-0.2, -0.15) is 0 Å². The fourth-order valence-electron chi connectivity index (χ4n) is 20.9. The molecule has 650 valence electrons. The zero-order valence-electron chi connectivity index (χ0n) is 75.0. The molecule has 10 nitrogen and oxygen atoms in total. The van der Waals surface area contributed by atoms with Gasteiger partial charge in [-0.25, -0.2) is 15.0 Å². The van der Waals surface area contributed by atoms with Crippen LogP contribution in [-0.4, -0.2) is 28.7 Å².